The SMILES string of the molecule is Cc1cc(C(C)(C)C)on1.Cc1ccc(NC(=O)c2cc(C(C)(C)C)nn2C)cc1. The van der Waals surface area contributed by atoms with E-state index in [2.05, 4.69) is 57.1 Å². The lowest BCUT2D eigenvalue weighted by Gasteiger charge is -2.13. The molecule has 0 bridgehead atoms. The van der Waals surface area contributed by atoms with Crippen LogP contribution in [0.1, 0.15) is 74.7 Å². The molecule has 2 heterocycles. The molecule has 3 rings (SSSR count). The Hall–Kier alpha value is -2.89. The van der Waals surface area contributed by atoms with Crippen LogP contribution in [0.2, 0.25) is 0 Å². The molecule has 3 aromatic rings. The fourth-order valence-electron chi connectivity index (χ4n) is 2.60. The van der Waals surface area contributed by atoms with Crippen molar-refractivity contribution >= 4 is 11.6 Å². The Balaban J connectivity index is 0.000000269. The number of carbonyl (C=O) groups excluding carboxylic acids is 1. The van der Waals surface area contributed by atoms with E-state index in [1.54, 1.807) is 11.7 Å². The van der Waals surface area contributed by atoms with E-state index in [-0.39, 0.29) is 16.7 Å². The van der Waals surface area contributed by atoms with Crippen LogP contribution in [0.3, 0.4) is 0 Å². The van der Waals surface area contributed by atoms with Gasteiger partial charge < -0.3 is 9.84 Å². The van der Waals surface area contributed by atoms with Gasteiger partial charge in [-0.05, 0) is 32.0 Å². The molecule has 0 aliphatic carbocycles. The number of anilines is 1. The van der Waals surface area contributed by atoms with E-state index in [1.807, 2.05) is 50.2 Å². The van der Waals surface area contributed by atoms with Gasteiger partial charge in [0.1, 0.15) is 11.5 Å². The lowest BCUT2D eigenvalue weighted by molar-refractivity contribution is 0.101. The third-order valence-electron chi connectivity index (χ3n) is 4.56. The van der Waals surface area contributed by atoms with Crippen LogP contribution in [-0.2, 0) is 17.9 Å². The van der Waals surface area contributed by atoms with Crippen LogP contribution in [0.5, 0.6) is 0 Å². The molecule has 1 N–H and O–H groups in total. The number of nitrogens with zero attached hydrogens (tertiary/aromatic N) is 3. The van der Waals surface area contributed by atoms with Crippen LogP contribution in [0, 0.1) is 13.8 Å². The van der Waals surface area contributed by atoms with Crippen molar-refractivity contribution in [1.29, 1.82) is 0 Å². The zero-order chi connectivity index (χ0) is 22.7. The van der Waals surface area contributed by atoms with E-state index in [1.165, 1.54) is 5.56 Å². The van der Waals surface area contributed by atoms with E-state index >= 15 is 0 Å². The zero-order valence-corrected chi connectivity index (χ0v) is 19.6. The van der Waals surface area contributed by atoms with Crippen molar-refractivity contribution in [2.24, 2.45) is 7.05 Å². The van der Waals surface area contributed by atoms with Gasteiger partial charge in [-0.15, -0.1) is 0 Å². The minimum atomic E-state index is -0.139. The Labute approximate surface area is 179 Å². The third kappa shape index (κ3) is 6.31. The van der Waals surface area contributed by atoms with Crippen LogP contribution in [0.15, 0.2) is 40.9 Å². The van der Waals surface area contributed by atoms with Gasteiger partial charge >= 0.3 is 0 Å². The van der Waals surface area contributed by atoms with E-state index in [9.17, 15) is 4.79 Å². The minimum absolute atomic E-state index is 0.0693. The molecule has 0 aliphatic rings. The average molecular weight is 411 g/mol. The van der Waals surface area contributed by atoms with Crippen LogP contribution >= 0.6 is 0 Å². The molecule has 0 fully saturated rings. The number of aryl methyl sites for hydroxylation is 3. The molecular weight excluding hydrogens is 376 g/mol. The van der Waals surface area contributed by atoms with Gasteiger partial charge in [0.25, 0.3) is 5.91 Å². The number of aromatic nitrogens is 3. The first-order chi connectivity index (χ1) is 13.8. The molecule has 1 aromatic carbocycles. The first-order valence-electron chi connectivity index (χ1n) is 10.1. The molecule has 6 nitrogen and oxygen atoms in total. The van der Waals surface area contributed by atoms with Crippen molar-refractivity contribution in [3.05, 3.63) is 64.8 Å². The number of hydrogen-bond acceptors (Lipinski definition) is 4. The molecule has 2 aromatic heterocycles. The maximum atomic E-state index is 12.3. The predicted octanol–water partition coefficient (Wildman–Crippen LogP) is 5.56. The average Bonchev–Trinajstić information content (AvgIpc) is 3.23. The van der Waals surface area contributed by atoms with Crippen LogP contribution in [-0.4, -0.2) is 20.8 Å². The predicted molar refractivity (Wildman–Crippen MR) is 121 cm³/mol. The molecule has 30 heavy (non-hydrogen) atoms. The number of benzene rings is 1. The summed E-state index contributed by atoms with van der Waals surface area (Å²) < 4.78 is 6.71. The third-order valence-corrected chi connectivity index (χ3v) is 4.56. The number of rotatable bonds is 2. The lowest BCUT2D eigenvalue weighted by Crippen LogP contribution is -2.15. The highest BCUT2D eigenvalue weighted by Crippen LogP contribution is 2.22. The Bertz CT molecular complexity index is 984. The molecule has 6 heteroatoms. The summed E-state index contributed by atoms with van der Waals surface area (Å²) in [6.07, 6.45) is 0. The van der Waals surface area contributed by atoms with Gasteiger partial charge in [-0.3, -0.25) is 9.48 Å². The summed E-state index contributed by atoms with van der Waals surface area (Å²) in [5.74, 6) is 0.810. The van der Waals surface area contributed by atoms with Crippen molar-refractivity contribution < 1.29 is 9.32 Å². The summed E-state index contributed by atoms with van der Waals surface area (Å²) in [7, 11) is 1.79. The van der Waals surface area contributed by atoms with Gasteiger partial charge in [0, 0.05) is 29.6 Å². The monoisotopic (exact) mass is 410 g/mol. The van der Waals surface area contributed by atoms with Crippen molar-refractivity contribution in [2.45, 2.75) is 66.2 Å². The minimum Gasteiger partial charge on any atom is -0.361 e. The summed E-state index contributed by atoms with van der Waals surface area (Å²) in [5, 5.41) is 11.1. The van der Waals surface area contributed by atoms with Crippen LogP contribution in [0.4, 0.5) is 5.69 Å². The summed E-state index contributed by atoms with van der Waals surface area (Å²) in [6, 6.07) is 11.6. The van der Waals surface area contributed by atoms with Gasteiger partial charge in [0.05, 0.1) is 11.4 Å². The number of hydrogen-bond donors (Lipinski definition) is 1. The van der Waals surface area contributed by atoms with Gasteiger partial charge in [-0.25, -0.2) is 0 Å². The van der Waals surface area contributed by atoms with E-state index < -0.39 is 0 Å². The second-order valence-electron chi connectivity index (χ2n) is 9.69. The quantitative estimate of drug-likeness (QED) is 0.600. The topological polar surface area (TPSA) is 73.0 Å². The fraction of sp³-hybridized carbons (Fsp3) is 0.458. The second-order valence-corrected chi connectivity index (χ2v) is 9.69. The summed E-state index contributed by atoms with van der Waals surface area (Å²) >= 11 is 0. The molecule has 0 unspecified atom stereocenters. The number of amides is 1. The van der Waals surface area contributed by atoms with Gasteiger partial charge in [0.2, 0.25) is 0 Å². The molecule has 0 radical (unpaired) electrons. The summed E-state index contributed by atoms with van der Waals surface area (Å²) in [5.41, 5.74) is 4.40. The Morgan fingerprint density at radius 3 is 1.97 bits per heavy atom. The van der Waals surface area contributed by atoms with Gasteiger partial charge in [-0.2, -0.15) is 5.10 Å². The van der Waals surface area contributed by atoms with Crippen molar-refractivity contribution in [3.8, 4) is 0 Å². The number of nitrogens with one attached hydrogen (secondary N) is 1. The van der Waals surface area contributed by atoms with Crippen molar-refractivity contribution in [3.63, 3.8) is 0 Å². The van der Waals surface area contributed by atoms with Crippen LogP contribution < -0.4 is 5.32 Å². The normalized spacial score (nSPS) is 11.6. The summed E-state index contributed by atoms with van der Waals surface area (Å²) in [6.45, 7) is 16.5. The van der Waals surface area contributed by atoms with Gasteiger partial charge in [0.15, 0.2) is 0 Å². The van der Waals surface area contributed by atoms with Crippen molar-refractivity contribution in [1.82, 2.24) is 14.9 Å². The smallest absolute Gasteiger partial charge is 0.273 e. The Morgan fingerprint density at radius 2 is 1.57 bits per heavy atom. The van der Waals surface area contributed by atoms with E-state index in [4.69, 9.17) is 4.52 Å². The van der Waals surface area contributed by atoms with Crippen molar-refractivity contribution in [2.75, 3.05) is 5.32 Å². The summed E-state index contributed by atoms with van der Waals surface area (Å²) in [4.78, 5) is 12.3. The molecular formula is C24H34N4O2. The maximum absolute atomic E-state index is 12.3. The fourth-order valence-corrected chi connectivity index (χ4v) is 2.60. The zero-order valence-electron chi connectivity index (χ0n) is 19.6. The Kier molecular flexibility index (Phi) is 6.91. The maximum Gasteiger partial charge on any atom is 0.273 e. The molecule has 1 amide bonds. The largest absolute Gasteiger partial charge is 0.361 e. The second kappa shape index (κ2) is 8.86. The number of carbonyl (C=O) groups is 1. The molecule has 0 spiro atoms. The molecule has 0 saturated heterocycles. The standard InChI is InChI=1S/C16H21N3O.C8H13NO/c1-11-6-8-12(9-7-11)17-15(20)13-10-14(16(2,3)4)18-19(13)5;1-6-5-7(10-9-6)8(2,3)4/h6-10H,1-5H3,(H,17,20);5H,1-4H3. The molecule has 0 atom stereocenters. The van der Waals surface area contributed by atoms with Gasteiger partial charge in [-0.1, -0.05) is 64.4 Å². The Morgan fingerprint density at radius 1 is 0.967 bits per heavy atom. The van der Waals surface area contributed by atoms with E-state index in [0.29, 0.717) is 5.69 Å². The highest BCUT2D eigenvalue weighted by molar-refractivity contribution is 6.03. The first kappa shape index (κ1) is 23.4. The first-order valence-corrected chi connectivity index (χ1v) is 10.1. The lowest BCUT2D eigenvalue weighted by atomic mass is 9.92. The highest BCUT2D eigenvalue weighted by atomic mass is 16.5. The molecule has 0 aliphatic heterocycles. The highest BCUT2D eigenvalue weighted by Gasteiger charge is 2.21. The molecule has 0 saturated carbocycles. The van der Waals surface area contributed by atoms with Crippen LogP contribution in [0.25, 0.3) is 0 Å². The molecule has 162 valence electrons. The van der Waals surface area contributed by atoms with E-state index in [0.717, 1.165) is 22.8 Å².